The largest absolute Gasteiger partial charge is 0.340 e. The zero-order valence-corrected chi connectivity index (χ0v) is 18.6. The summed E-state index contributed by atoms with van der Waals surface area (Å²) in [7, 11) is 0. The van der Waals surface area contributed by atoms with E-state index in [-0.39, 0.29) is 23.6 Å². The highest BCUT2D eigenvalue weighted by molar-refractivity contribution is 7.12. The zero-order chi connectivity index (χ0) is 21.8. The Bertz CT molecular complexity index is 929. The van der Waals surface area contributed by atoms with Gasteiger partial charge in [0.2, 0.25) is 11.8 Å². The van der Waals surface area contributed by atoms with Crippen molar-refractivity contribution in [2.45, 2.75) is 45.1 Å². The van der Waals surface area contributed by atoms with Crippen LogP contribution in [0.4, 0.5) is 5.82 Å². The van der Waals surface area contributed by atoms with Crippen LogP contribution in [0.2, 0.25) is 0 Å². The lowest BCUT2D eigenvalue weighted by Gasteiger charge is -2.40. The molecule has 3 amide bonds. The van der Waals surface area contributed by atoms with Crippen LogP contribution in [0.3, 0.4) is 0 Å². The molecule has 2 aromatic rings. The van der Waals surface area contributed by atoms with Gasteiger partial charge in [0.25, 0.3) is 5.91 Å². The number of aromatic nitrogens is 1. The fourth-order valence-corrected chi connectivity index (χ4v) is 5.02. The van der Waals surface area contributed by atoms with Crippen molar-refractivity contribution in [3.63, 3.8) is 0 Å². The summed E-state index contributed by atoms with van der Waals surface area (Å²) in [5, 5.41) is 4.75. The number of hydrogen-bond acceptors (Lipinski definition) is 5. The monoisotopic (exact) mass is 440 g/mol. The standard InChI is InChI=1S/C23H28N4O3S/c1-16-9-10-20(24-14-16)25-21(28)17-6-4-11-26(15-17)22(29)18-7-2-3-12-27(18)23(30)19-8-5-13-31-19/h5,8-10,13-14,17-18H,2-4,6-7,11-12,15H2,1H3,(H,24,25,28). The Labute approximate surface area is 186 Å². The third-order valence-corrected chi connectivity index (χ3v) is 6.91. The number of carbonyl (C=O) groups excluding carboxylic acids is 3. The van der Waals surface area contributed by atoms with Crippen LogP contribution in [0.5, 0.6) is 0 Å². The molecule has 0 saturated carbocycles. The van der Waals surface area contributed by atoms with Crippen molar-refractivity contribution in [2.24, 2.45) is 5.92 Å². The summed E-state index contributed by atoms with van der Waals surface area (Å²) in [5.41, 5.74) is 1.03. The quantitative estimate of drug-likeness (QED) is 0.791. The minimum atomic E-state index is -0.441. The Morgan fingerprint density at radius 2 is 1.97 bits per heavy atom. The molecule has 1 N–H and O–H groups in total. The number of nitrogens with zero attached hydrogens (tertiary/aromatic N) is 3. The molecule has 2 aliphatic heterocycles. The predicted molar refractivity (Wildman–Crippen MR) is 120 cm³/mol. The summed E-state index contributed by atoms with van der Waals surface area (Å²) in [6, 6.07) is 6.92. The van der Waals surface area contributed by atoms with Gasteiger partial charge in [0.05, 0.1) is 10.8 Å². The maximum atomic E-state index is 13.4. The molecule has 2 aliphatic rings. The molecule has 0 aliphatic carbocycles. The first-order chi connectivity index (χ1) is 15.0. The van der Waals surface area contributed by atoms with Gasteiger partial charge < -0.3 is 15.1 Å². The van der Waals surface area contributed by atoms with Crippen LogP contribution in [0.25, 0.3) is 0 Å². The Balaban J connectivity index is 1.41. The third kappa shape index (κ3) is 4.95. The second-order valence-electron chi connectivity index (χ2n) is 8.32. The average Bonchev–Trinajstić information content (AvgIpc) is 3.35. The summed E-state index contributed by atoms with van der Waals surface area (Å²) < 4.78 is 0. The highest BCUT2D eigenvalue weighted by Crippen LogP contribution is 2.26. The lowest BCUT2D eigenvalue weighted by molar-refractivity contribution is -0.140. The lowest BCUT2D eigenvalue weighted by atomic mass is 9.94. The van der Waals surface area contributed by atoms with E-state index in [9.17, 15) is 14.4 Å². The van der Waals surface area contributed by atoms with Crippen LogP contribution >= 0.6 is 11.3 Å². The molecule has 2 atom stereocenters. The molecule has 2 aromatic heterocycles. The van der Waals surface area contributed by atoms with Crippen molar-refractivity contribution in [1.29, 1.82) is 0 Å². The van der Waals surface area contributed by atoms with E-state index in [0.29, 0.717) is 36.8 Å². The molecule has 4 rings (SSSR count). The van der Waals surface area contributed by atoms with Crippen molar-refractivity contribution in [3.8, 4) is 0 Å². The number of anilines is 1. The van der Waals surface area contributed by atoms with E-state index in [1.54, 1.807) is 22.1 Å². The molecule has 164 valence electrons. The number of hydrogen-bond donors (Lipinski definition) is 1. The smallest absolute Gasteiger partial charge is 0.264 e. The van der Waals surface area contributed by atoms with E-state index in [1.807, 2.05) is 30.5 Å². The Kier molecular flexibility index (Phi) is 6.65. The Morgan fingerprint density at radius 3 is 2.71 bits per heavy atom. The van der Waals surface area contributed by atoms with E-state index < -0.39 is 6.04 Å². The molecular formula is C23H28N4O3S. The van der Waals surface area contributed by atoms with E-state index in [4.69, 9.17) is 0 Å². The first-order valence-corrected chi connectivity index (χ1v) is 11.8. The van der Waals surface area contributed by atoms with E-state index in [0.717, 1.165) is 31.2 Å². The number of amides is 3. The number of piperidine rings is 2. The molecule has 8 heteroatoms. The first kappa shape index (κ1) is 21.5. The van der Waals surface area contributed by atoms with E-state index in [1.165, 1.54) is 11.3 Å². The Morgan fingerprint density at radius 1 is 1.10 bits per heavy atom. The minimum Gasteiger partial charge on any atom is -0.340 e. The number of aryl methyl sites for hydroxylation is 1. The van der Waals surface area contributed by atoms with Crippen LogP contribution in [0.15, 0.2) is 35.8 Å². The minimum absolute atomic E-state index is 0.0319. The number of nitrogens with one attached hydrogen (secondary N) is 1. The molecule has 2 fully saturated rings. The number of likely N-dealkylation sites (tertiary alicyclic amines) is 2. The summed E-state index contributed by atoms with van der Waals surface area (Å²) in [4.78, 5) is 47.5. The zero-order valence-electron chi connectivity index (χ0n) is 17.8. The van der Waals surface area contributed by atoms with Crippen molar-refractivity contribution in [3.05, 3.63) is 46.3 Å². The number of carbonyl (C=O) groups is 3. The van der Waals surface area contributed by atoms with Crippen molar-refractivity contribution in [1.82, 2.24) is 14.8 Å². The van der Waals surface area contributed by atoms with Gasteiger partial charge in [-0.05, 0) is 62.1 Å². The Hall–Kier alpha value is -2.74. The van der Waals surface area contributed by atoms with Gasteiger partial charge in [-0.1, -0.05) is 12.1 Å². The number of pyridine rings is 1. The molecule has 4 heterocycles. The van der Waals surface area contributed by atoms with Crippen molar-refractivity contribution < 1.29 is 14.4 Å². The molecule has 7 nitrogen and oxygen atoms in total. The number of rotatable bonds is 4. The molecule has 2 saturated heterocycles. The van der Waals surface area contributed by atoms with E-state index >= 15 is 0 Å². The van der Waals surface area contributed by atoms with Gasteiger partial charge in [0, 0.05) is 25.8 Å². The summed E-state index contributed by atoms with van der Waals surface area (Å²) in [6.07, 6.45) is 5.75. The summed E-state index contributed by atoms with van der Waals surface area (Å²) in [6.45, 7) is 3.56. The number of thiophene rings is 1. The van der Waals surface area contributed by atoms with Crippen molar-refractivity contribution in [2.75, 3.05) is 25.0 Å². The molecule has 31 heavy (non-hydrogen) atoms. The van der Waals surface area contributed by atoms with Gasteiger partial charge in [-0.15, -0.1) is 11.3 Å². The molecule has 0 radical (unpaired) electrons. The molecule has 2 unspecified atom stereocenters. The second-order valence-corrected chi connectivity index (χ2v) is 9.27. The summed E-state index contributed by atoms with van der Waals surface area (Å²) in [5.74, 6) is 0.0503. The van der Waals surface area contributed by atoms with Gasteiger partial charge in [-0.3, -0.25) is 14.4 Å². The first-order valence-electron chi connectivity index (χ1n) is 10.9. The topological polar surface area (TPSA) is 82.6 Å². The lowest BCUT2D eigenvalue weighted by Crippen LogP contribution is -2.55. The average molecular weight is 441 g/mol. The van der Waals surface area contributed by atoms with Gasteiger partial charge in [-0.25, -0.2) is 4.98 Å². The van der Waals surface area contributed by atoms with E-state index in [2.05, 4.69) is 10.3 Å². The van der Waals surface area contributed by atoms with Gasteiger partial charge >= 0.3 is 0 Å². The fourth-order valence-electron chi connectivity index (χ4n) is 4.35. The normalized spacial score (nSPS) is 21.6. The van der Waals surface area contributed by atoms with Crippen molar-refractivity contribution >= 4 is 34.9 Å². The second kappa shape index (κ2) is 9.60. The summed E-state index contributed by atoms with van der Waals surface area (Å²) >= 11 is 1.41. The highest BCUT2D eigenvalue weighted by atomic mass is 32.1. The predicted octanol–water partition coefficient (Wildman–Crippen LogP) is 3.32. The van der Waals surface area contributed by atoms with Crippen LogP contribution in [0, 0.1) is 12.8 Å². The van der Waals surface area contributed by atoms with Crippen LogP contribution < -0.4 is 5.32 Å². The third-order valence-electron chi connectivity index (χ3n) is 6.05. The fraction of sp³-hybridized carbons (Fsp3) is 0.478. The van der Waals surface area contributed by atoms with Crippen LogP contribution in [-0.2, 0) is 9.59 Å². The molecule has 0 bridgehead atoms. The van der Waals surface area contributed by atoms with Gasteiger partial charge in [-0.2, -0.15) is 0 Å². The van der Waals surface area contributed by atoms with Crippen LogP contribution in [-0.4, -0.2) is 58.2 Å². The maximum absolute atomic E-state index is 13.4. The maximum Gasteiger partial charge on any atom is 0.264 e. The van der Waals surface area contributed by atoms with Crippen LogP contribution in [0.1, 0.15) is 47.3 Å². The SMILES string of the molecule is Cc1ccc(NC(=O)C2CCCN(C(=O)C3CCCCN3C(=O)c3cccs3)C2)nc1. The molecule has 0 spiro atoms. The molecular weight excluding hydrogens is 412 g/mol. The van der Waals surface area contributed by atoms with Gasteiger partial charge in [0.15, 0.2) is 0 Å². The van der Waals surface area contributed by atoms with Gasteiger partial charge in [0.1, 0.15) is 11.9 Å². The highest BCUT2D eigenvalue weighted by Gasteiger charge is 2.38. The molecule has 0 aromatic carbocycles.